The molecule has 0 spiro atoms. The maximum Gasteiger partial charge on any atom is 0.242 e. The van der Waals surface area contributed by atoms with Crippen molar-refractivity contribution in [1.29, 1.82) is 0 Å². The summed E-state index contributed by atoms with van der Waals surface area (Å²) in [5.41, 5.74) is 0. The monoisotopic (exact) mass is 262 g/mol. The first-order chi connectivity index (χ1) is 7.29. The van der Waals surface area contributed by atoms with Crippen LogP contribution < -0.4 is 4.72 Å². The van der Waals surface area contributed by atoms with Crippen LogP contribution in [0.1, 0.15) is 6.92 Å². The van der Waals surface area contributed by atoms with Crippen LogP contribution >= 0.6 is 0 Å². The molecule has 1 aromatic rings. The second-order valence-electron chi connectivity index (χ2n) is 3.13. The van der Waals surface area contributed by atoms with Crippen molar-refractivity contribution < 1.29 is 16.8 Å². The van der Waals surface area contributed by atoms with Gasteiger partial charge in [-0.05, 0) is 19.1 Å². The lowest BCUT2D eigenvalue weighted by Gasteiger charge is -2.08. The Hall–Kier alpha value is -0.920. The largest absolute Gasteiger partial charge is 0.242 e. The molecule has 7 heteroatoms. The van der Waals surface area contributed by atoms with Gasteiger partial charge in [-0.25, -0.2) is 21.6 Å². The Bertz CT molecular complexity index is 575. The van der Waals surface area contributed by atoms with Gasteiger partial charge in [0.15, 0.2) is 9.84 Å². The third-order valence-corrected chi connectivity index (χ3v) is 4.58. The highest BCUT2D eigenvalue weighted by molar-refractivity contribution is 7.93. The minimum Gasteiger partial charge on any atom is -0.224 e. The molecule has 89 valence electrons. The first kappa shape index (κ1) is 13.1. The number of rotatable bonds is 4. The topological polar surface area (TPSA) is 80.3 Å². The zero-order chi connectivity index (χ0) is 12.4. The lowest BCUT2D eigenvalue weighted by atomic mass is 10.4. The van der Waals surface area contributed by atoms with Gasteiger partial charge >= 0.3 is 0 Å². The molecule has 0 aliphatic heterocycles. The van der Waals surface area contributed by atoms with Gasteiger partial charge in [0.05, 0.1) is 4.90 Å². The summed E-state index contributed by atoms with van der Waals surface area (Å²) in [5, 5.41) is 0. The Morgan fingerprint density at radius 3 is 2.00 bits per heavy atom. The van der Waals surface area contributed by atoms with Gasteiger partial charge in [0.2, 0.25) is 10.0 Å². The van der Waals surface area contributed by atoms with Crippen LogP contribution in [0.15, 0.2) is 34.1 Å². The molecular formula is C9H12NO4S2. The third kappa shape index (κ3) is 2.81. The molecule has 1 rings (SSSR count). The molecule has 1 radical (unpaired) electrons. The Kier molecular flexibility index (Phi) is 3.72. The fourth-order valence-corrected chi connectivity index (χ4v) is 3.77. The number of hydrogen-bond acceptors (Lipinski definition) is 4. The van der Waals surface area contributed by atoms with E-state index in [0.29, 0.717) is 0 Å². The Morgan fingerprint density at radius 1 is 1.06 bits per heavy atom. The highest BCUT2D eigenvalue weighted by Gasteiger charge is 2.22. The molecule has 0 aliphatic carbocycles. The lowest BCUT2D eigenvalue weighted by Crippen LogP contribution is -2.22. The summed E-state index contributed by atoms with van der Waals surface area (Å²) < 4.78 is 48.3. The van der Waals surface area contributed by atoms with E-state index in [-0.39, 0.29) is 9.79 Å². The van der Waals surface area contributed by atoms with E-state index in [1.165, 1.54) is 37.7 Å². The number of nitrogens with one attached hydrogen (secondary N) is 1. The molecule has 0 saturated heterocycles. The Labute approximate surface area is 95.5 Å². The van der Waals surface area contributed by atoms with Gasteiger partial charge in [-0.1, -0.05) is 12.1 Å². The maximum absolute atomic E-state index is 11.7. The quantitative estimate of drug-likeness (QED) is 0.859. The number of hydrogen-bond donors (Lipinski definition) is 1. The average Bonchev–Trinajstić information content (AvgIpc) is 2.16. The summed E-state index contributed by atoms with van der Waals surface area (Å²) >= 11 is 0. The molecule has 0 amide bonds. The number of sulfone groups is 1. The van der Waals surface area contributed by atoms with Crippen molar-refractivity contribution in [3.05, 3.63) is 30.8 Å². The van der Waals surface area contributed by atoms with Crippen molar-refractivity contribution in [2.75, 3.05) is 6.26 Å². The van der Waals surface area contributed by atoms with Crippen molar-refractivity contribution in [3.63, 3.8) is 0 Å². The minimum atomic E-state index is -3.81. The van der Waals surface area contributed by atoms with Gasteiger partial charge in [0.25, 0.3) is 0 Å². The summed E-state index contributed by atoms with van der Waals surface area (Å²) in [6.45, 7) is 2.73. The van der Waals surface area contributed by atoms with Gasteiger partial charge in [0.1, 0.15) is 4.90 Å². The molecule has 0 saturated carbocycles. The molecule has 0 aliphatic rings. The van der Waals surface area contributed by atoms with E-state index in [0.717, 1.165) is 6.26 Å². The minimum absolute atomic E-state index is 0.204. The van der Waals surface area contributed by atoms with Gasteiger partial charge in [-0.15, -0.1) is 0 Å². The van der Waals surface area contributed by atoms with E-state index >= 15 is 0 Å². The third-order valence-electron chi connectivity index (χ3n) is 1.81. The molecular weight excluding hydrogens is 250 g/mol. The summed E-state index contributed by atoms with van der Waals surface area (Å²) in [7, 11) is -7.38. The normalized spacial score (nSPS) is 12.6. The SMILES string of the molecule is C[CH]NS(=O)(=O)c1ccccc1S(C)(=O)=O. The van der Waals surface area contributed by atoms with E-state index < -0.39 is 19.9 Å². The molecule has 1 aromatic carbocycles. The molecule has 1 N–H and O–H groups in total. The average molecular weight is 262 g/mol. The Morgan fingerprint density at radius 2 is 1.56 bits per heavy atom. The van der Waals surface area contributed by atoms with Crippen LogP contribution in [-0.2, 0) is 19.9 Å². The lowest BCUT2D eigenvalue weighted by molar-refractivity contribution is 0.579. The van der Waals surface area contributed by atoms with Crippen LogP contribution in [0.2, 0.25) is 0 Å². The summed E-state index contributed by atoms with van der Waals surface area (Å²) in [6.07, 6.45) is 0.969. The fraction of sp³-hybridized carbons (Fsp3) is 0.222. The molecule has 0 aromatic heterocycles. The van der Waals surface area contributed by atoms with E-state index in [9.17, 15) is 16.8 Å². The van der Waals surface area contributed by atoms with Gasteiger partial charge in [-0.3, -0.25) is 0 Å². The van der Waals surface area contributed by atoms with Crippen LogP contribution in [0.3, 0.4) is 0 Å². The van der Waals surface area contributed by atoms with Crippen LogP contribution in [-0.4, -0.2) is 23.1 Å². The van der Waals surface area contributed by atoms with Crippen molar-refractivity contribution >= 4 is 19.9 Å². The maximum atomic E-state index is 11.7. The molecule has 0 heterocycles. The fourth-order valence-electron chi connectivity index (χ4n) is 1.20. The van der Waals surface area contributed by atoms with Crippen LogP contribution in [0, 0.1) is 6.54 Å². The predicted octanol–water partition coefficient (Wildman–Crippen LogP) is 0.550. The van der Waals surface area contributed by atoms with E-state index in [2.05, 4.69) is 4.72 Å². The van der Waals surface area contributed by atoms with Crippen molar-refractivity contribution in [1.82, 2.24) is 4.72 Å². The number of benzene rings is 1. The zero-order valence-corrected chi connectivity index (χ0v) is 10.5. The smallest absolute Gasteiger partial charge is 0.224 e. The standard InChI is InChI=1S/C9H12NO4S2/c1-3-10-16(13,14)9-7-5-4-6-8(9)15(2,11)12/h3-7,10H,1-2H3. The van der Waals surface area contributed by atoms with Crippen molar-refractivity contribution in [3.8, 4) is 0 Å². The molecule has 0 fully saturated rings. The first-order valence-corrected chi connectivity index (χ1v) is 7.76. The Balaban J connectivity index is 3.48. The second kappa shape index (κ2) is 4.52. The van der Waals surface area contributed by atoms with Crippen molar-refractivity contribution in [2.45, 2.75) is 16.7 Å². The molecule has 0 unspecified atom stereocenters. The molecule has 5 nitrogen and oxygen atoms in total. The van der Waals surface area contributed by atoms with Crippen LogP contribution in [0.4, 0.5) is 0 Å². The van der Waals surface area contributed by atoms with E-state index in [4.69, 9.17) is 0 Å². The van der Waals surface area contributed by atoms with Gasteiger partial charge in [0, 0.05) is 12.8 Å². The van der Waals surface area contributed by atoms with Crippen LogP contribution in [0.5, 0.6) is 0 Å². The zero-order valence-electron chi connectivity index (χ0n) is 8.84. The highest BCUT2D eigenvalue weighted by atomic mass is 32.2. The molecule has 0 atom stereocenters. The van der Waals surface area contributed by atoms with E-state index in [1.54, 1.807) is 0 Å². The number of sulfonamides is 1. The first-order valence-electron chi connectivity index (χ1n) is 4.38. The van der Waals surface area contributed by atoms with Crippen LogP contribution in [0.25, 0.3) is 0 Å². The summed E-state index contributed by atoms with van der Waals surface area (Å²) in [5.74, 6) is 0. The van der Waals surface area contributed by atoms with Gasteiger partial charge in [-0.2, -0.15) is 0 Å². The van der Waals surface area contributed by atoms with E-state index in [1.807, 2.05) is 0 Å². The summed E-state index contributed by atoms with van der Waals surface area (Å²) in [6, 6.07) is 5.46. The van der Waals surface area contributed by atoms with Gasteiger partial charge < -0.3 is 0 Å². The summed E-state index contributed by atoms with van der Waals surface area (Å²) in [4.78, 5) is -0.444. The van der Waals surface area contributed by atoms with Crippen molar-refractivity contribution in [2.24, 2.45) is 0 Å². The molecule has 0 bridgehead atoms. The highest BCUT2D eigenvalue weighted by Crippen LogP contribution is 2.20. The second-order valence-corrected chi connectivity index (χ2v) is 6.80. The molecule has 16 heavy (non-hydrogen) atoms. The predicted molar refractivity (Wildman–Crippen MR) is 59.8 cm³/mol.